The van der Waals surface area contributed by atoms with Crippen LogP contribution in [-0.4, -0.2) is 17.1 Å². The largest absolute Gasteiger partial charge is 0.491 e. The lowest BCUT2D eigenvalue weighted by Crippen LogP contribution is -1.94. The predicted molar refractivity (Wildman–Crippen MR) is 64.0 cm³/mol. The van der Waals surface area contributed by atoms with Crippen molar-refractivity contribution in [3.05, 3.63) is 40.5 Å². The van der Waals surface area contributed by atoms with Gasteiger partial charge in [-0.1, -0.05) is 23.2 Å². The molecule has 0 aliphatic rings. The first-order valence-electron chi connectivity index (χ1n) is 4.62. The van der Waals surface area contributed by atoms with Crippen molar-refractivity contribution in [2.45, 2.75) is 0 Å². The Morgan fingerprint density at radius 2 is 1.94 bits per heavy atom. The van der Waals surface area contributed by atoms with Gasteiger partial charge in [-0.3, -0.25) is 0 Å². The van der Waals surface area contributed by atoms with Gasteiger partial charge in [0.1, 0.15) is 17.8 Å². The summed E-state index contributed by atoms with van der Waals surface area (Å²) < 4.78 is 18.3. The number of ether oxygens (including phenoxy) is 1. The molecule has 88 valence electrons. The number of hydrogen-bond donors (Lipinski definition) is 0. The second-order valence-corrected chi connectivity index (χ2v) is 4.00. The van der Waals surface area contributed by atoms with Crippen LogP contribution < -0.4 is 4.74 Å². The van der Waals surface area contributed by atoms with Crippen LogP contribution >= 0.6 is 23.2 Å². The quantitative estimate of drug-likeness (QED) is 0.784. The number of rotatable bonds is 2. The number of halogens is 3. The summed E-state index contributed by atoms with van der Waals surface area (Å²) in [7, 11) is 1.44. The van der Waals surface area contributed by atoms with Gasteiger partial charge in [0.25, 0.3) is 0 Å². The fraction of sp³-hybridized carbons (Fsp3) is 0.0909. The normalized spacial score (nSPS) is 10.4. The first-order chi connectivity index (χ1) is 8.11. The van der Waals surface area contributed by atoms with Gasteiger partial charge in [-0.15, -0.1) is 0 Å². The molecule has 0 saturated heterocycles. The Hall–Kier alpha value is -1.39. The zero-order valence-electron chi connectivity index (χ0n) is 8.75. The molecule has 0 aliphatic carbocycles. The summed E-state index contributed by atoms with van der Waals surface area (Å²) in [5, 5.41) is 0.440. The zero-order chi connectivity index (χ0) is 12.4. The van der Waals surface area contributed by atoms with E-state index >= 15 is 0 Å². The van der Waals surface area contributed by atoms with E-state index in [1.54, 1.807) is 6.07 Å². The van der Waals surface area contributed by atoms with Crippen LogP contribution in [0, 0.1) is 5.82 Å². The minimum Gasteiger partial charge on any atom is -0.491 e. The van der Waals surface area contributed by atoms with Gasteiger partial charge >= 0.3 is 0 Å². The van der Waals surface area contributed by atoms with Crippen molar-refractivity contribution in [3.63, 3.8) is 0 Å². The zero-order valence-corrected chi connectivity index (χ0v) is 10.3. The molecule has 0 N–H and O–H groups in total. The number of methoxy groups -OCH3 is 1. The lowest BCUT2D eigenvalue weighted by Gasteiger charge is -2.08. The predicted octanol–water partition coefficient (Wildman–Crippen LogP) is 3.60. The molecule has 0 radical (unpaired) electrons. The molecule has 2 aromatic rings. The smallest absolute Gasteiger partial charge is 0.182 e. The highest BCUT2D eigenvalue weighted by Crippen LogP contribution is 2.33. The molecule has 0 fully saturated rings. The summed E-state index contributed by atoms with van der Waals surface area (Å²) in [6.07, 6.45) is 1.28. The van der Waals surface area contributed by atoms with Gasteiger partial charge in [0, 0.05) is 10.6 Å². The molecule has 0 unspecified atom stereocenters. The van der Waals surface area contributed by atoms with E-state index in [1.165, 1.54) is 25.6 Å². The average Bonchev–Trinajstić information content (AvgIpc) is 2.27. The van der Waals surface area contributed by atoms with Gasteiger partial charge in [0.05, 0.1) is 7.11 Å². The van der Waals surface area contributed by atoms with E-state index in [2.05, 4.69) is 9.97 Å². The molecule has 6 heteroatoms. The fourth-order valence-corrected chi connectivity index (χ4v) is 1.86. The molecule has 17 heavy (non-hydrogen) atoms. The van der Waals surface area contributed by atoms with Gasteiger partial charge in [-0.05, 0) is 18.2 Å². The number of benzene rings is 1. The van der Waals surface area contributed by atoms with Crippen molar-refractivity contribution in [2.24, 2.45) is 0 Å². The van der Waals surface area contributed by atoms with Gasteiger partial charge < -0.3 is 4.74 Å². The second kappa shape index (κ2) is 4.85. The monoisotopic (exact) mass is 272 g/mol. The highest BCUT2D eigenvalue weighted by Gasteiger charge is 2.13. The van der Waals surface area contributed by atoms with Crippen LogP contribution in [0.1, 0.15) is 0 Å². The van der Waals surface area contributed by atoms with Crippen LogP contribution in [-0.2, 0) is 0 Å². The Morgan fingerprint density at radius 3 is 2.59 bits per heavy atom. The fourth-order valence-electron chi connectivity index (χ4n) is 1.43. The van der Waals surface area contributed by atoms with Crippen LogP contribution in [0.25, 0.3) is 11.3 Å². The molecule has 1 aromatic heterocycles. The van der Waals surface area contributed by atoms with Crippen molar-refractivity contribution in [1.82, 2.24) is 9.97 Å². The maximum absolute atomic E-state index is 13.2. The van der Waals surface area contributed by atoms with Crippen molar-refractivity contribution >= 4 is 23.2 Å². The van der Waals surface area contributed by atoms with Crippen LogP contribution in [0.5, 0.6) is 5.75 Å². The summed E-state index contributed by atoms with van der Waals surface area (Å²) in [4.78, 5) is 7.80. The van der Waals surface area contributed by atoms with Crippen molar-refractivity contribution in [3.8, 4) is 17.0 Å². The second-order valence-electron chi connectivity index (χ2n) is 3.20. The summed E-state index contributed by atoms with van der Waals surface area (Å²) in [5.74, 6) is -0.167. The van der Waals surface area contributed by atoms with E-state index in [1.807, 2.05) is 0 Å². The molecule has 0 amide bonds. The molecule has 0 aliphatic heterocycles. The summed E-state index contributed by atoms with van der Waals surface area (Å²) in [5.41, 5.74) is 0.880. The summed E-state index contributed by atoms with van der Waals surface area (Å²) in [6.45, 7) is 0. The van der Waals surface area contributed by atoms with Gasteiger partial charge in [0.2, 0.25) is 0 Å². The minimum absolute atomic E-state index is 0.165. The molecule has 0 spiro atoms. The highest BCUT2D eigenvalue weighted by atomic mass is 35.5. The van der Waals surface area contributed by atoms with E-state index in [0.29, 0.717) is 11.3 Å². The van der Waals surface area contributed by atoms with Crippen LogP contribution in [0.4, 0.5) is 4.39 Å². The van der Waals surface area contributed by atoms with Crippen LogP contribution in [0.15, 0.2) is 24.5 Å². The molecule has 3 nitrogen and oxygen atoms in total. The number of hydrogen-bond acceptors (Lipinski definition) is 3. The standard InChI is InChI=1S/C11H7Cl2FN2O/c1-17-10-9(15-5-16-11(10)13)6-2-7(12)4-8(14)3-6/h2-5H,1H3. The third-order valence-corrected chi connectivity index (χ3v) is 2.59. The highest BCUT2D eigenvalue weighted by molar-refractivity contribution is 6.31. The molecular weight excluding hydrogens is 266 g/mol. The number of nitrogens with zero attached hydrogens (tertiary/aromatic N) is 2. The van der Waals surface area contributed by atoms with Crippen molar-refractivity contribution < 1.29 is 9.13 Å². The SMILES string of the molecule is COc1c(Cl)ncnc1-c1cc(F)cc(Cl)c1. The average molecular weight is 273 g/mol. The Morgan fingerprint density at radius 1 is 1.18 bits per heavy atom. The molecule has 0 atom stereocenters. The topological polar surface area (TPSA) is 35.0 Å². The third-order valence-electron chi connectivity index (χ3n) is 2.10. The van der Waals surface area contributed by atoms with E-state index in [4.69, 9.17) is 27.9 Å². The maximum Gasteiger partial charge on any atom is 0.182 e. The Balaban J connectivity index is 2.63. The van der Waals surface area contributed by atoms with Crippen molar-refractivity contribution in [1.29, 1.82) is 0 Å². The third kappa shape index (κ3) is 2.48. The van der Waals surface area contributed by atoms with Gasteiger partial charge in [0.15, 0.2) is 10.9 Å². The molecular formula is C11H7Cl2FN2O. The molecule has 1 heterocycles. The lowest BCUT2D eigenvalue weighted by atomic mass is 10.1. The lowest BCUT2D eigenvalue weighted by molar-refractivity contribution is 0.413. The van der Waals surface area contributed by atoms with Gasteiger partial charge in [-0.2, -0.15) is 0 Å². The Bertz CT molecular complexity index is 543. The summed E-state index contributed by atoms with van der Waals surface area (Å²) in [6, 6.07) is 4.08. The van der Waals surface area contributed by atoms with Crippen LogP contribution in [0.2, 0.25) is 10.2 Å². The van der Waals surface area contributed by atoms with E-state index < -0.39 is 5.82 Å². The maximum atomic E-state index is 13.2. The molecule has 0 saturated carbocycles. The Kier molecular flexibility index (Phi) is 3.45. The molecule has 0 bridgehead atoms. The summed E-state index contributed by atoms with van der Waals surface area (Å²) >= 11 is 11.6. The minimum atomic E-state index is -0.454. The van der Waals surface area contributed by atoms with E-state index in [9.17, 15) is 4.39 Å². The van der Waals surface area contributed by atoms with Crippen LogP contribution in [0.3, 0.4) is 0 Å². The molecule has 1 aromatic carbocycles. The first-order valence-corrected chi connectivity index (χ1v) is 5.38. The van der Waals surface area contributed by atoms with E-state index in [-0.39, 0.29) is 15.9 Å². The van der Waals surface area contributed by atoms with Gasteiger partial charge in [-0.25, -0.2) is 14.4 Å². The van der Waals surface area contributed by atoms with E-state index in [0.717, 1.165) is 0 Å². The van der Waals surface area contributed by atoms with Crippen molar-refractivity contribution in [2.75, 3.05) is 7.11 Å². The number of aromatic nitrogens is 2. The molecule has 2 rings (SSSR count). The first kappa shape index (κ1) is 12.1. The Labute approximate surface area is 107 Å².